The number of anilines is 1. The Hall–Kier alpha value is -3.47. The third-order valence-electron chi connectivity index (χ3n) is 3.77. The molecule has 0 bridgehead atoms. The molecule has 5 nitrogen and oxygen atoms in total. The van der Waals surface area contributed by atoms with Gasteiger partial charge in [0.25, 0.3) is 5.91 Å². The van der Waals surface area contributed by atoms with E-state index in [0.29, 0.717) is 11.4 Å². The summed E-state index contributed by atoms with van der Waals surface area (Å²) in [5, 5.41) is 3.73. The highest BCUT2D eigenvalue weighted by Crippen LogP contribution is 2.13. The van der Waals surface area contributed by atoms with E-state index in [9.17, 15) is 9.59 Å². The summed E-state index contributed by atoms with van der Waals surface area (Å²) in [4.78, 5) is 28.1. The van der Waals surface area contributed by atoms with Gasteiger partial charge in [-0.05, 0) is 36.8 Å². The zero-order valence-electron chi connectivity index (χ0n) is 14.3. The van der Waals surface area contributed by atoms with Crippen LogP contribution < -0.4 is 5.32 Å². The number of carbonyl (C=O) groups is 2. The first-order chi connectivity index (χ1) is 12.6. The third kappa shape index (κ3) is 4.54. The molecule has 0 radical (unpaired) electrons. The summed E-state index contributed by atoms with van der Waals surface area (Å²) >= 11 is 0. The van der Waals surface area contributed by atoms with Gasteiger partial charge in [0.15, 0.2) is 6.61 Å². The number of esters is 1. The molecule has 130 valence electrons. The van der Waals surface area contributed by atoms with Crippen LogP contribution in [0.1, 0.15) is 11.3 Å². The standard InChI is InChI=1S/C21H18N2O3/c1-15-6-2-4-8-18(15)23-20(24)14-26-21(25)13-12-17-11-10-16-7-3-5-9-19(16)22-17/h2-13H,14H2,1H3,(H,23,24)/b13-12+. The Kier molecular flexibility index (Phi) is 5.39. The van der Waals surface area contributed by atoms with Crippen LogP contribution >= 0.6 is 0 Å². The lowest BCUT2D eigenvalue weighted by molar-refractivity contribution is -0.142. The monoisotopic (exact) mass is 346 g/mol. The molecule has 1 aromatic heterocycles. The lowest BCUT2D eigenvalue weighted by Crippen LogP contribution is -2.20. The molecule has 1 N–H and O–H groups in total. The lowest BCUT2D eigenvalue weighted by Gasteiger charge is -2.07. The van der Waals surface area contributed by atoms with Crippen LogP contribution in [0.4, 0.5) is 5.69 Å². The van der Waals surface area contributed by atoms with Gasteiger partial charge in [-0.3, -0.25) is 4.79 Å². The van der Waals surface area contributed by atoms with Crippen molar-refractivity contribution in [2.24, 2.45) is 0 Å². The van der Waals surface area contributed by atoms with Crippen molar-refractivity contribution in [1.82, 2.24) is 4.98 Å². The molecule has 0 aliphatic carbocycles. The maximum atomic E-state index is 11.9. The molecule has 0 aliphatic rings. The van der Waals surface area contributed by atoms with Crippen LogP contribution in [0.3, 0.4) is 0 Å². The number of benzene rings is 2. The van der Waals surface area contributed by atoms with Crippen molar-refractivity contribution in [3.63, 3.8) is 0 Å². The fourth-order valence-corrected chi connectivity index (χ4v) is 2.41. The Bertz CT molecular complexity index is 980. The smallest absolute Gasteiger partial charge is 0.331 e. The number of amides is 1. The van der Waals surface area contributed by atoms with E-state index < -0.39 is 5.97 Å². The summed E-state index contributed by atoms with van der Waals surface area (Å²) in [5.41, 5.74) is 3.13. The Labute approximate surface area is 151 Å². The first-order valence-corrected chi connectivity index (χ1v) is 8.18. The maximum absolute atomic E-state index is 11.9. The van der Waals surface area contributed by atoms with E-state index in [0.717, 1.165) is 16.5 Å². The number of pyridine rings is 1. The van der Waals surface area contributed by atoms with Crippen molar-refractivity contribution >= 4 is 34.5 Å². The number of nitrogens with zero attached hydrogens (tertiary/aromatic N) is 1. The molecule has 0 unspecified atom stereocenters. The van der Waals surface area contributed by atoms with Crippen molar-refractivity contribution in [1.29, 1.82) is 0 Å². The Balaban J connectivity index is 1.53. The minimum atomic E-state index is -0.597. The molecule has 3 aromatic rings. The van der Waals surface area contributed by atoms with E-state index in [4.69, 9.17) is 4.74 Å². The molecule has 0 saturated heterocycles. The number of hydrogen-bond acceptors (Lipinski definition) is 4. The SMILES string of the molecule is Cc1ccccc1NC(=O)COC(=O)/C=C/c1ccc2ccccc2n1. The number of rotatable bonds is 5. The van der Waals surface area contributed by atoms with Gasteiger partial charge in [0.05, 0.1) is 11.2 Å². The van der Waals surface area contributed by atoms with Gasteiger partial charge in [0.2, 0.25) is 0 Å². The Morgan fingerprint density at radius 1 is 1.04 bits per heavy atom. The first kappa shape index (κ1) is 17.4. The van der Waals surface area contributed by atoms with Crippen molar-refractivity contribution in [3.05, 3.63) is 78.0 Å². The molecular formula is C21H18N2O3. The molecule has 26 heavy (non-hydrogen) atoms. The van der Waals surface area contributed by atoms with Crippen molar-refractivity contribution in [2.45, 2.75) is 6.92 Å². The number of nitrogens with one attached hydrogen (secondary N) is 1. The van der Waals surface area contributed by atoms with Crippen LogP contribution in [0, 0.1) is 6.92 Å². The second kappa shape index (κ2) is 8.07. The largest absolute Gasteiger partial charge is 0.452 e. The van der Waals surface area contributed by atoms with Crippen molar-refractivity contribution in [2.75, 3.05) is 11.9 Å². The third-order valence-corrected chi connectivity index (χ3v) is 3.77. The van der Waals surface area contributed by atoms with Crippen molar-refractivity contribution in [3.8, 4) is 0 Å². The minimum Gasteiger partial charge on any atom is -0.452 e. The van der Waals surface area contributed by atoms with Crippen molar-refractivity contribution < 1.29 is 14.3 Å². The molecule has 2 aromatic carbocycles. The van der Waals surface area contributed by atoms with Crippen LogP contribution in [-0.4, -0.2) is 23.5 Å². The second-order valence-electron chi connectivity index (χ2n) is 5.73. The van der Waals surface area contributed by atoms with E-state index in [1.165, 1.54) is 6.08 Å². The molecule has 1 heterocycles. The molecule has 5 heteroatoms. The minimum absolute atomic E-state index is 0.345. The summed E-state index contributed by atoms with van der Waals surface area (Å²) in [7, 11) is 0. The van der Waals surface area contributed by atoms with E-state index in [1.807, 2.05) is 61.5 Å². The first-order valence-electron chi connectivity index (χ1n) is 8.18. The zero-order valence-corrected chi connectivity index (χ0v) is 14.3. The van der Waals surface area contributed by atoms with Gasteiger partial charge >= 0.3 is 5.97 Å². The number of aromatic nitrogens is 1. The molecule has 3 rings (SSSR count). The van der Waals surface area contributed by atoms with Crippen LogP contribution in [0.5, 0.6) is 0 Å². The molecule has 0 fully saturated rings. The summed E-state index contributed by atoms with van der Waals surface area (Å²) in [6, 6.07) is 18.9. The molecule has 0 atom stereocenters. The highest BCUT2D eigenvalue weighted by atomic mass is 16.5. The maximum Gasteiger partial charge on any atom is 0.331 e. The van der Waals surface area contributed by atoms with E-state index >= 15 is 0 Å². The Morgan fingerprint density at radius 3 is 2.65 bits per heavy atom. The topological polar surface area (TPSA) is 68.3 Å². The van der Waals surface area contributed by atoms with Gasteiger partial charge in [0, 0.05) is 17.1 Å². The number of hydrogen-bond donors (Lipinski definition) is 1. The number of aryl methyl sites for hydroxylation is 1. The fourth-order valence-electron chi connectivity index (χ4n) is 2.41. The van der Waals surface area contributed by atoms with Gasteiger partial charge in [-0.2, -0.15) is 0 Å². The predicted molar refractivity (Wildman–Crippen MR) is 102 cm³/mol. The molecule has 0 saturated carbocycles. The summed E-state index contributed by atoms with van der Waals surface area (Å²) < 4.78 is 4.96. The fraction of sp³-hybridized carbons (Fsp3) is 0.0952. The Morgan fingerprint density at radius 2 is 1.81 bits per heavy atom. The number of para-hydroxylation sites is 2. The quantitative estimate of drug-likeness (QED) is 0.564. The normalized spacial score (nSPS) is 10.8. The average Bonchev–Trinajstić information content (AvgIpc) is 2.66. The number of carbonyl (C=O) groups excluding carboxylic acids is 2. The average molecular weight is 346 g/mol. The summed E-state index contributed by atoms with van der Waals surface area (Å²) in [5.74, 6) is -0.982. The van der Waals surface area contributed by atoms with Crippen LogP contribution in [0.2, 0.25) is 0 Å². The lowest BCUT2D eigenvalue weighted by atomic mass is 10.2. The van der Waals surface area contributed by atoms with Gasteiger partial charge in [-0.1, -0.05) is 42.5 Å². The van der Waals surface area contributed by atoms with Gasteiger partial charge in [-0.15, -0.1) is 0 Å². The highest BCUT2D eigenvalue weighted by molar-refractivity contribution is 5.95. The zero-order chi connectivity index (χ0) is 18.4. The number of fused-ring (bicyclic) bond motifs is 1. The summed E-state index contributed by atoms with van der Waals surface area (Å²) in [6.45, 7) is 1.55. The molecule has 1 amide bonds. The van der Waals surface area contributed by atoms with E-state index in [1.54, 1.807) is 12.1 Å². The number of ether oxygens (including phenoxy) is 1. The van der Waals surface area contributed by atoms with E-state index in [2.05, 4.69) is 10.3 Å². The van der Waals surface area contributed by atoms with E-state index in [-0.39, 0.29) is 12.5 Å². The van der Waals surface area contributed by atoms with Crippen LogP contribution in [0.15, 0.2) is 66.7 Å². The van der Waals surface area contributed by atoms with Gasteiger partial charge in [0.1, 0.15) is 0 Å². The molecular weight excluding hydrogens is 328 g/mol. The second-order valence-corrected chi connectivity index (χ2v) is 5.73. The molecule has 0 spiro atoms. The molecule has 0 aliphatic heterocycles. The van der Waals surface area contributed by atoms with Gasteiger partial charge in [-0.25, -0.2) is 9.78 Å². The summed E-state index contributed by atoms with van der Waals surface area (Å²) in [6.07, 6.45) is 2.83. The van der Waals surface area contributed by atoms with Crippen LogP contribution in [0.25, 0.3) is 17.0 Å². The van der Waals surface area contributed by atoms with Crippen LogP contribution in [-0.2, 0) is 14.3 Å². The highest BCUT2D eigenvalue weighted by Gasteiger charge is 2.07. The van der Waals surface area contributed by atoms with Gasteiger partial charge < -0.3 is 10.1 Å². The predicted octanol–water partition coefficient (Wildman–Crippen LogP) is 3.74.